The average Bonchev–Trinajstić information content (AvgIpc) is 2.60. The second kappa shape index (κ2) is 6.28. The zero-order valence-corrected chi connectivity index (χ0v) is 12.2. The van der Waals surface area contributed by atoms with Crippen LogP contribution in [0.3, 0.4) is 0 Å². The molecule has 0 aliphatic rings. The second-order valence-electron chi connectivity index (χ2n) is 6.11. The molecule has 0 saturated carbocycles. The molecule has 1 heterocycles. The summed E-state index contributed by atoms with van der Waals surface area (Å²) in [5, 5.41) is 0. The first-order valence-corrected chi connectivity index (χ1v) is 7.05. The van der Waals surface area contributed by atoms with Crippen LogP contribution in [-0.2, 0) is 11.8 Å². The zero-order valence-electron chi connectivity index (χ0n) is 12.2. The van der Waals surface area contributed by atoms with E-state index < -0.39 is 0 Å². The van der Waals surface area contributed by atoms with Gasteiger partial charge in [-0.2, -0.15) is 0 Å². The van der Waals surface area contributed by atoms with E-state index in [1.165, 1.54) is 44.1 Å². The van der Waals surface area contributed by atoms with Crippen LogP contribution in [0.5, 0.6) is 0 Å². The summed E-state index contributed by atoms with van der Waals surface area (Å²) in [6.07, 6.45) is 7.89. The molecule has 98 valence electrons. The van der Waals surface area contributed by atoms with Gasteiger partial charge in [0.1, 0.15) is 11.5 Å². The number of aryl methyl sites for hydroxylation is 2. The minimum atomic E-state index is 0.130. The van der Waals surface area contributed by atoms with Crippen LogP contribution in [0.2, 0.25) is 0 Å². The maximum atomic E-state index is 5.86. The summed E-state index contributed by atoms with van der Waals surface area (Å²) in [5.41, 5.74) is 1.54. The van der Waals surface area contributed by atoms with Crippen LogP contribution in [0.25, 0.3) is 0 Å². The van der Waals surface area contributed by atoms with Crippen LogP contribution in [0.15, 0.2) is 10.5 Å². The van der Waals surface area contributed by atoms with E-state index in [0.29, 0.717) is 0 Å². The van der Waals surface area contributed by atoms with Crippen molar-refractivity contribution < 1.29 is 4.42 Å². The van der Waals surface area contributed by atoms with Crippen molar-refractivity contribution in [3.05, 3.63) is 23.2 Å². The molecule has 1 nitrogen and oxygen atoms in total. The highest BCUT2D eigenvalue weighted by Gasteiger charge is 2.19. The third-order valence-electron chi connectivity index (χ3n) is 3.31. The highest BCUT2D eigenvalue weighted by Crippen LogP contribution is 2.27. The van der Waals surface area contributed by atoms with Gasteiger partial charge >= 0.3 is 0 Å². The summed E-state index contributed by atoms with van der Waals surface area (Å²) >= 11 is 0. The van der Waals surface area contributed by atoms with Gasteiger partial charge in [0.25, 0.3) is 0 Å². The van der Waals surface area contributed by atoms with Crippen molar-refractivity contribution in [3.63, 3.8) is 0 Å². The molecule has 0 spiro atoms. The Balaban J connectivity index is 2.46. The van der Waals surface area contributed by atoms with Crippen molar-refractivity contribution >= 4 is 0 Å². The van der Waals surface area contributed by atoms with E-state index in [1.807, 2.05) is 0 Å². The van der Waals surface area contributed by atoms with Crippen molar-refractivity contribution in [2.24, 2.45) is 0 Å². The third-order valence-corrected chi connectivity index (χ3v) is 3.31. The van der Waals surface area contributed by atoms with Gasteiger partial charge in [-0.3, -0.25) is 0 Å². The van der Waals surface area contributed by atoms with E-state index in [4.69, 9.17) is 4.42 Å². The molecule has 0 bridgehead atoms. The Labute approximate surface area is 107 Å². The number of hydrogen-bond acceptors (Lipinski definition) is 1. The van der Waals surface area contributed by atoms with Crippen LogP contribution >= 0.6 is 0 Å². The lowest BCUT2D eigenvalue weighted by atomic mass is 9.92. The number of rotatable bonds is 6. The first kappa shape index (κ1) is 14.3. The molecule has 0 saturated heterocycles. The van der Waals surface area contributed by atoms with Gasteiger partial charge in [-0.25, -0.2) is 0 Å². The second-order valence-corrected chi connectivity index (χ2v) is 6.11. The number of hydrogen-bond donors (Lipinski definition) is 0. The van der Waals surface area contributed by atoms with Gasteiger partial charge in [0, 0.05) is 5.41 Å². The quantitative estimate of drug-likeness (QED) is 0.603. The average molecular weight is 236 g/mol. The largest absolute Gasteiger partial charge is 0.466 e. The molecule has 0 amide bonds. The maximum Gasteiger partial charge on any atom is 0.109 e. The summed E-state index contributed by atoms with van der Waals surface area (Å²) in [6, 6.07) is 2.26. The van der Waals surface area contributed by atoms with Gasteiger partial charge in [-0.05, 0) is 31.4 Å². The number of unbranched alkanes of at least 4 members (excludes halogenated alkanes) is 4. The van der Waals surface area contributed by atoms with Crippen molar-refractivity contribution in [2.75, 3.05) is 0 Å². The van der Waals surface area contributed by atoms with Crippen molar-refractivity contribution in [3.8, 4) is 0 Å². The third kappa shape index (κ3) is 4.57. The molecule has 17 heavy (non-hydrogen) atoms. The molecular weight excluding hydrogens is 208 g/mol. The Morgan fingerprint density at radius 2 is 1.71 bits per heavy atom. The Morgan fingerprint density at radius 1 is 1.06 bits per heavy atom. The minimum Gasteiger partial charge on any atom is -0.466 e. The SMILES string of the molecule is CCCCCCCc1cc(C(C)(C)C)oc1C. The summed E-state index contributed by atoms with van der Waals surface area (Å²) in [7, 11) is 0. The Kier molecular flexibility index (Phi) is 5.30. The van der Waals surface area contributed by atoms with E-state index in [-0.39, 0.29) is 5.41 Å². The fourth-order valence-corrected chi connectivity index (χ4v) is 2.06. The molecular formula is C16H28O. The Bertz CT molecular complexity index is 328. The van der Waals surface area contributed by atoms with Gasteiger partial charge in [0.15, 0.2) is 0 Å². The van der Waals surface area contributed by atoms with Crippen LogP contribution in [0.1, 0.15) is 76.9 Å². The predicted molar refractivity (Wildman–Crippen MR) is 74.6 cm³/mol. The van der Waals surface area contributed by atoms with Gasteiger partial charge in [0.2, 0.25) is 0 Å². The molecule has 0 aliphatic heterocycles. The fraction of sp³-hybridized carbons (Fsp3) is 0.750. The summed E-state index contributed by atoms with van der Waals surface area (Å²) in [4.78, 5) is 0. The Morgan fingerprint density at radius 3 is 2.24 bits per heavy atom. The first-order valence-electron chi connectivity index (χ1n) is 7.05. The lowest BCUT2D eigenvalue weighted by Gasteiger charge is -2.13. The summed E-state index contributed by atoms with van der Waals surface area (Å²) < 4.78 is 5.86. The van der Waals surface area contributed by atoms with Crippen LogP contribution < -0.4 is 0 Å². The highest BCUT2D eigenvalue weighted by molar-refractivity contribution is 5.24. The molecule has 1 heteroatoms. The Hall–Kier alpha value is -0.720. The van der Waals surface area contributed by atoms with Gasteiger partial charge in [-0.1, -0.05) is 53.4 Å². The molecule has 1 aromatic rings. The lowest BCUT2D eigenvalue weighted by molar-refractivity contribution is 0.394. The fourth-order valence-electron chi connectivity index (χ4n) is 2.06. The smallest absolute Gasteiger partial charge is 0.109 e. The van der Waals surface area contributed by atoms with Gasteiger partial charge in [0.05, 0.1) is 0 Å². The monoisotopic (exact) mass is 236 g/mol. The van der Waals surface area contributed by atoms with Crippen LogP contribution in [0.4, 0.5) is 0 Å². The molecule has 0 atom stereocenters. The zero-order chi connectivity index (χ0) is 12.9. The molecule has 0 N–H and O–H groups in total. The van der Waals surface area contributed by atoms with E-state index in [2.05, 4.69) is 40.7 Å². The van der Waals surface area contributed by atoms with E-state index in [1.54, 1.807) is 0 Å². The van der Waals surface area contributed by atoms with Gasteiger partial charge in [-0.15, -0.1) is 0 Å². The topological polar surface area (TPSA) is 13.1 Å². The van der Waals surface area contributed by atoms with Crippen LogP contribution in [-0.4, -0.2) is 0 Å². The summed E-state index contributed by atoms with van der Waals surface area (Å²) in [5.74, 6) is 2.24. The normalized spacial score (nSPS) is 12.1. The summed E-state index contributed by atoms with van der Waals surface area (Å²) in [6.45, 7) is 11.0. The molecule has 1 aromatic heterocycles. The highest BCUT2D eigenvalue weighted by atomic mass is 16.3. The molecule has 0 aromatic carbocycles. The molecule has 0 aliphatic carbocycles. The molecule has 0 fully saturated rings. The molecule has 0 radical (unpaired) electrons. The first-order chi connectivity index (χ1) is 7.95. The standard InChI is InChI=1S/C16H28O/c1-6-7-8-9-10-11-14-12-15(16(3,4)5)17-13(14)2/h12H,6-11H2,1-5H3. The van der Waals surface area contributed by atoms with Crippen molar-refractivity contribution in [1.82, 2.24) is 0 Å². The maximum absolute atomic E-state index is 5.86. The minimum absolute atomic E-state index is 0.130. The van der Waals surface area contributed by atoms with E-state index in [9.17, 15) is 0 Å². The lowest BCUT2D eigenvalue weighted by Crippen LogP contribution is -2.09. The van der Waals surface area contributed by atoms with Crippen molar-refractivity contribution in [1.29, 1.82) is 0 Å². The molecule has 1 rings (SSSR count). The van der Waals surface area contributed by atoms with Crippen LogP contribution in [0, 0.1) is 6.92 Å². The van der Waals surface area contributed by atoms with E-state index >= 15 is 0 Å². The molecule has 0 unspecified atom stereocenters. The predicted octanol–water partition coefficient (Wildman–Crippen LogP) is 5.40. The van der Waals surface area contributed by atoms with E-state index in [0.717, 1.165) is 11.5 Å². The van der Waals surface area contributed by atoms with Crippen molar-refractivity contribution in [2.45, 2.75) is 78.6 Å². The van der Waals surface area contributed by atoms with Gasteiger partial charge < -0.3 is 4.42 Å². The number of furan rings is 1.